The quantitative estimate of drug-likeness (QED) is 0.0219. The van der Waals surface area contributed by atoms with Gasteiger partial charge >= 0.3 is 0 Å². The van der Waals surface area contributed by atoms with Gasteiger partial charge in [-0.2, -0.15) is 0 Å². The lowest BCUT2D eigenvalue weighted by Crippen LogP contribution is -2.48. The lowest BCUT2D eigenvalue weighted by molar-refractivity contribution is -0.131. The van der Waals surface area contributed by atoms with Crippen molar-refractivity contribution in [1.82, 2.24) is 10.6 Å². The maximum atomic E-state index is 12.4. The van der Waals surface area contributed by atoms with Gasteiger partial charge in [0, 0.05) is 6.42 Å². The molecule has 8 N–H and O–H groups in total. The lowest BCUT2D eigenvalue weighted by Gasteiger charge is -2.22. The second-order valence-electron chi connectivity index (χ2n) is 27.4. The summed E-state index contributed by atoms with van der Waals surface area (Å²) >= 11 is 0. The number of hydrogen-bond acceptors (Lipinski definition) is 8. The summed E-state index contributed by atoms with van der Waals surface area (Å²) in [7, 11) is 0. The number of aliphatic hydroxyl groups is 6. The molecular formula is C78H156N2O8. The Morgan fingerprint density at radius 3 is 0.830 bits per heavy atom. The number of hydrogen-bond donors (Lipinski definition) is 8. The first-order chi connectivity index (χ1) is 43.1. The van der Waals surface area contributed by atoms with Crippen molar-refractivity contribution >= 4 is 11.8 Å². The van der Waals surface area contributed by atoms with E-state index in [0.29, 0.717) is 25.7 Å². The number of aliphatic hydroxyl groups excluding tert-OH is 6. The van der Waals surface area contributed by atoms with E-state index in [2.05, 4.69) is 38.3 Å². The topological polar surface area (TPSA) is 180 Å². The highest BCUT2D eigenvalue weighted by atomic mass is 16.3. The Labute approximate surface area is 547 Å². The van der Waals surface area contributed by atoms with Crippen LogP contribution in [0.25, 0.3) is 0 Å². The average molecular weight is 1250 g/mol. The molecular weight excluding hydrogens is 1090 g/mol. The molecule has 6 atom stereocenters. The molecule has 0 spiro atoms. The molecule has 0 rings (SSSR count). The molecule has 0 aromatic carbocycles. The van der Waals surface area contributed by atoms with Gasteiger partial charge in [-0.3, -0.25) is 9.59 Å². The number of nitrogens with one attached hydrogen (secondary N) is 2. The summed E-state index contributed by atoms with van der Waals surface area (Å²) in [6.07, 6.45) is 76.9. The zero-order chi connectivity index (χ0) is 64.7. The molecule has 0 fully saturated rings. The molecule has 0 aliphatic carbocycles. The van der Waals surface area contributed by atoms with Crippen LogP contribution in [0.4, 0.5) is 0 Å². The Bertz CT molecular complexity index is 1390. The van der Waals surface area contributed by atoms with Crippen LogP contribution < -0.4 is 10.6 Å². The van der Waals surface area contributed by atoms with Crippen LogP contribution in [-0.2, 0) is 9.59 Å². The molecule has 0 saturated carbocycles. The standard InChI is InChI=1S/C42H83NO5.C36H73NO3/c1-3-5-7-9-11-13-15-16-17-18-19-20-21-22-23-24-26-28-30-32-34-41(47)42(48)43-39(37-44)40(46)36-35-38(45)33-31-29-27-25-14-12-10-8-6-4-2;1-3-5-7-9-11-13-15-17-18-20-22-24-26-28-30-32-36(40)37-34(33-38)35(39)31-29-27-25-23-21-19-16-14-12-10-8-6-4-2/h35-36,38-41,44-47H,3-34,37H2,1-2H3,(H,43,48);34-35,38-39H,3-33H2,1-2H3,(H,37,40)/b36-35+;. The van der Waals surface area contributed by atoms with Crippen LogP contribution in [0.15, 0.2) is 12.2 Å². The van der Waals surface area contributed by atoms with E-state index in [4.69, 9.17) is 0 Å². The molecule has 0 radical (unpaired) electrons. The van der Waals surface area contributed by atoms with Crippen LogP contribution >= 0.6 is 0 Å². The van der Waals surface area contributed by atoms with Crippen molar-refractivity contribution in [2.45, 2.75) is 462 Å². The highest BCUT2D eigenvalue weighted by molar-refractivity contribution is 5.80. The van der Waals surface area contributed by atoms with Crippen molar-refractivity contribution in [3.05, 3.63) is 12.2 Å². The zero-order valence-electron chi connectivity index (χ0n) is 59.4. The minimum absolute atomic E-state index is 0.0295. The predicted octanol–water partition coefficient (Wildman–Crippen LogP) is 21.2. The Kier molecular flexibility index (Phi) is 74.9. The molecule has 526 valence electrons. The third-order valence-corrected chi connectivity index (χ3v) is 18.6. The fourth-order valence-electron chi connectivity index (χ4n) is 12.3. The molecule has 0 aliphatic rings. The van der Waals surface area contributed by atoms with Crippen LogP contribution in [0.3, 0.4) is 0 Å². The van der Waals surface area contributed by atoms with E-state index in [0.717, 1.165) is 57.8 Å². The van der Waals surface area contributed by atoms with Gasteiger partial charge in [0.05, 0.1) is 43.6 Å². The summed E-state index contributed by atoms with van der Waals surface area (Å²) < 4.78 is 0. The molecule has 10 heteroatoms. The summed E-state index contributed by atoms with van der Waals surface area (Å²) in [5, 5.41) is 66.3. The van der Waals surface area contributed by atoms with Gasteiger partial charge in [0.1, 0.15) is 6.10 Å². The van der Waals surface area contributed by atoms with Crippen molar-refractivity contribution in [1.29, 1.82) is 0 Å². The third-order valence-electron chi connectivity index (χ3n) is 18.6. The maximum absolute atomic E-state index is 12.4. The van der Waals surface area contributed by atoms with Gasteiger partial charge in [-0.25, -0.2) is 0 Å². The first kappa shape index (κ1) is 88.5. The summed E-state index contributed by atoms with van der Waals surface area (Å²) in [6, 6.07) is -1.44. The monoisotopic (exact) mass is 1250 g/mol. The van der Waals surface area contributed by atoms with Gasteiger partial charge in [0.2, 0.25) is 11.8 Å². The molecule has 0 bridgehead atoms. The summed E-state index contributed by atoms with van der Waals surface area (Å²) in [5.74, 6) is -0.594. The smallest absolute Gasteiger partial charge is 0.249 e. The summed E-state index contributed by atoms with van der Waals surface area (Å²) in [5.41, 5.74) is 0. The van der Waals surface area contributed by atoms with Gasteiger partial charge in [-0.05, 0) is 25.7 Å². The maximum Gasteiger partial charge on any atom is 0.249 e. The summed E-state index contributed by atoms with van der Waals surface area (Å²) in [6.45, 7) is 8.43. The number of unbranched alkanes of at least 4 members (excludes halogenated alkanes) is 54. The van der Waals surface area contributed by atoms with Gasteiger partial charge < -0.3 is 41.3 Å². The van der Waals surface area contributed by atoms with Gasteiger partial charge in [0.15, 0.2) is 0 Å². The van der Waals surface area contributed by atoms with E-state index < -0.39 is 49.0 Å². The molecule has 0 saturated heterocycles. The van der Waals surface area contributed by atoms with Crippen LogP contribution in [0, 0.1) is 0 Å². The van der Waals surface area contributed by atoms with Crippen molar-refractivity contribution in [2.75, 3.05) is 13.2 Å². The fraction of sp³-hybridized carbons (Fsp3) is 0.949. The predicted molar refractivity (Wildman–Crippen MR) is 380 cm³/mol. The fourth-order valence-corrected chi connectivity index (χ4v) is 12.3. The Morgan fingerprint density at radius 2 is 0.545 bits per heavy atom. The first-order valence-corrected chi connectivity index (χ1v) is 39.3. The Balaban J connectivity index is 0. The largest absolute Gasteiger partial charge is 0.394 e. The molecule has 0 heterocycles. The SMILES string of the molecule is CCCCCCCCCCCCCCCCCC(=O)NC(CO)C(O)CCCCCCCCCCCCCCC.CCCCCCCCCCCCCCCCCCCCCCC(O)C(=O)NC(CO)C(O)/C=C/C(O)CCCCCCCCCCCC. The van der Waals surface area contributed by atoms with Crippen LogP contribution in [-0.4, -0.2) is 92.2 Å². The number of rotatable bonds is 71. The van der Waals surface area contributed by atoms with Crippen molar-refractivity contribution in [3.63, 3.8) is 0 Å². The van der Waals surface area contributed by atoms with E-state index in [1.807, 2.05) is 0 Å². The molecule has 0 aromatic heterocycles. The van der Waals surface area contributed by atoms with Crippen LogP contribution in [0.1, 0.15) is 426 Å². The van der Waals surface area contributed by atoms with E-state index in [-0.39, 0.29) is 12.5 Å². The third kappa shape index (κ3) is 67.3. The van der Waals surface area contributed by atoms with Crippen LogP contribution in [0.5, 0.6) is 0 Å². The Morgan fingerprint density at radius 1 is 0.295 bits per heavy atom. The minimum atomic E-state index is -1.15. The number of carbonyl (C=O) groups excluding carboxylic acids is 2. The van der Waals surface area contributed by atoms with Gasteiger partial charge in [0.25, 0.3) is 0 Å². The van der Waals surface area contributed by atoms with Gasteiger partial charge in [-0.1, -0.05) is 406 Å². The molecule has 0 aromatic rings. The van der Waals surface area contributed by atoms with Crippen LogP contribution in [0.2, 0.25) is 0 Å². The number of amides is 2. The summed E-state index contributed by atoms with van der Waals surface area (Å²) in [4.78, 5) is 24.8. The van der Waals surface area contributed by atoms with Crippen molar-refractivity contribution in [2.24, 2.45) is 0 Å². The van der Waals surface area contributed by atoms with Crippen molar-refractivity contribution < 1.29 is 40.2 Å². The number of carbonyl (C=O) groups is 2. The van der Waals surface area contributed by atoms with E-state index >= 15 is 0 Å². The van der Waals surface area contributed by atoms with E-state index in [1.54, 1.807) is 6.08 Å². The average Bonchev–Trinajstić information content (AvgIpc) is 3.72. The second-order valence-corrected chi connectivity index (χ2v) is 27.4. The zero-order valence-corrected chi connectivity index (χ0v) is 59.4. The van der Waals surface area contributed by atoms with Gasteiger partial charge in [-0.15, -0.1) is 0 Å². The highest BCUT2D eigenvalue weighted by Gasteiger charge is 2.23. The van der Waals surface area contributed by atoms with Crippen molar-refractivity contribution in [3.8, 4) is 0 Å². The first-order valence-electron chi connectivity index (χ1n) is 39.3. The molecule has 6 unspecified atom stereocenters. The van der Waals surface area contributed by atoms with E-state index in [1.165, 1.54) is 321 Å². The molecule has 10 nitrogen and oxygen atoms in total. The molecule has 0 aliphatic heterocycles. The normalized spacial score (nSPS) is 13.8. The second kappa shape index (κ2) is 74.5. The molecule has 2 amide bonds. The Hall–Kier alpha value is -1.56. The van der Waals surface area contributed by atoms with E-state index in [9.17, 15) is 40.2 Å². The lowest BCUT2D eigenvalue weighted by atomic mass is 10.0. The highest BCUT2D eigenvalue weighted by Crippen LogP contribution is 2.20. The minimum Gasteiger partial charge on any atom is -0.394 e. The molecule has 88 heavy (non-hydrogen) atoms.